The molecule has 1 amide bonds. The highest BCUT2D eigenvalue weighted by atomic mass is 32.1. The van der Waals surface area contributed by atoms with Gasteiger partial charge in [0, 0.05) is 6.54 Å². The first-order valence-electron chi connectivity index (χ1n) is 7.17. The second kappa shape index (κ2) is 6.88. The molecule has 1 fully saturated rings. The molecular formula is C15H21NO3S. The van der Waals surface area contributed by atoms with E-state index in [4.69, 9.17) is 5.11 Å². The Morgan fingerprint density at radius 3 is 2.50 bits per heavy atom. The molecule has 0 spiro atoms. The zero-order valence-electron chi connectivity index (χ0n) is 11.7. The maximum Gasteiger partial charge on any atom is 0.345 e. The molecule has 1 heterocycles. The SMILES string of the molecule is CC1CCC(CCNC(=O)c2ccc(C(=O)O)s2)CC1. The molecule has 1 aromatic heterocycles. The predicted octanol–water partition coefficient (Wildman–Crippen LogP) is 3.39. The molecule has 20 heavy (non-hydrogen) atoms. The van der Waals surface area contributed by atoms with Crippen LogP contribution in [0.15, 0.2) is 12.1 Å². The van der Waals surface area contributed by atoms with E-state index in [1.54, 1.807) is 6.07 Å². The van der Waals surface area contributed by atoms with E-state index in [0.717, 1.165) is 29.6 Å². The average Bonchev–Trinajstić information content (AvgIpc) is 2.91. The largest absolute Gasteiger partial charge is 0.477 e. The summed E-state index contributed by atoms with van der Waals surface area (Å²) in [5.74, 6) is 0.433. The first kappa shape index (κ1) is 15.0. The Kier molecular flexibility index (Phi) is 5.17. The summed E-state index contributed by atoms with van der Waals surface area (Å²) in [5, 5.41) is 11.7. The highest BCUT2D eigenvalue weighted by Gasteiger charge is 2.18. The predicted molar refractivity (Wildman–Crippen MR) is 79.4 cm³/mol. The van der Waals surface area contributed by atoms with E-state index in [-0.39, 0.29) is 10.8 Å². The van der Waals surface area contributed by atoms with E-state index < -0.39 is 5.97 Å². The topological polar surface area (TPSA) is 66.4 Å². The summed E-state index contributed by atoms with van der Waals surface area (Å²) in [6.07, 6.45) is 6.14. The minimum Gasteiger partial charge on any atom is -0.477 e. The summed E-state index contributed by atoms with van der Waals surface area (Å²) in [6.45, 7) is 2.98. The number of thiophene rings is 1. The number of carbonyl (C=O) groups excluding carboxylic acids is 1. The summed E-state index contributed by atoms with van der Waals surface area (Å²) in [7, 11) is 0. The molecule has 1 aromatic rings. The first-order valence-corrected chi connectivity index (χ1v) is 7.99. The minimum atomic E-state index is -0.981. The molecule has 0 radical (unpaired) electrons. The van der Waals surface area contributed by atoms with Crippen LogP contribution in [0.2, 0.25) is 0 Å². The Morgan fingerprint density at radius 2 is 1.90 bits per heavy atom. The van der Waals surface area contributed by atoms with Crippen molar-refractivity contribution in [2.45, 2.75) is 39.0 Å². The van der Waals surface area contributed by atoms with Crippen molar-refractivity contribution in [2.24, 2.45) is 11.8 Å². The zero-order valence-corrected chi connectivity index (χ0v) is 12.5. The number of amides is 1. The number of aromatic carboxylic acids is 1. The smallest absolute Gasteiger partial charge is 0.345 e. The van der Waals surface area contributed by atoms with E-state index >= 15 is 0 Å². The van der Waals surface area contributed by atoms with Gasteiger partial charge in [0.2, 0.25) is 0 Å². The van der Waals surface area contributed by atoms with Gasteiger partial charge < -0.3 is 10.4 Å². The van der Waals surface area contributed by atoms with Crippen molar-refractivity contribution < 1.29 is 14.7 Å². The van der Waals surface area contributed by atoms with Gasteiger partial charge in [0.15, 0.2) is 0 Å². The fourth-order valence-electron chi connectivity index (χ4n) is 2.67. The number of carboxylic acid groups (broad SMARTS) is 1. The van der Waals surface area contributed by atoms with Crippen LogP contribution in [0.5, 0.6) is 0 Å². The van der Waals surface area contributed by atoms with Crippen LogP contribution in [0.3, 0.4) is 0 Å². The van der Waals surface area contributed by atoms with Gasteiger partial charge in [-0.3, -0.25) is 4.79 Å². The van der Waals surface area contributed by atoms with E-state index in [0.29, 0.717) is 11.4 Å². The number of carbonyl (C=O) groups is 2. The number of rotatable bonds is 5. The van der Waals surface area contributed by atoms with Gasteiger partial charge >= 0.3 is 5.97 Å². The minimum absolute atomic E-state index is 0.160. The molecule has 0 saturated heterocycles. The van der Waals surface area contributed by atoms with Gasteiger partial charge in [-0.15, -0.1) is 11.3 Å². The van der Waals surface area contributed by atoms with Crippen LogP contribution in [0.4, 0.5) is 0 Å². The van der Waals surface area contributed by atoms with Gasteiger partial charge in [0.25, 0.3) is 5.91 Å². The maximum atomic E-state index is 11.9. The fraction of sp³-hybridized carbons (Fsp3) is 0.600. The highest BCUT2D eigenvalue weighted by molar-refractivity contribution is 7.15. The second-order valence-electron chi connectivity index (χ2n) is 5.64. The second-order valence-corrected chi connectivity index (χ2v) is 6.72. The maximum absolute atomic E-state index is 11.9. The Morgan fingerprint density at radius 1 is 1.25 bits per heavy atom. The van der Waals surface area contributed by atoms with Gasteiger partial charge in [-0.1, -0.05) is 32.6 Å². The third kappa shape index (κ3) is 4.07. The summed E-state index contributed by atoms with van der Waals surface area (Å²) in [4.78, 5) is 23.3. The van der Waals surface area contributed by atoms with E-state index in [1.165, 1.54) is 31.7 Å². The van der Waals surface area contributed by atoms with Gasteiger partial charge in [-0.2, -0.15) is 0 Å². The Hall–Kier alpha value is -1.36. The van der Waals surface area contributed by atoms with Crippen molar-refractivity contribution in [2.75, 3.05) is 6.54 Å². The first-order chi connectivity index (χ1) is 9.56. The lowest BCUT2D eigenvalue weighted by atomic mass is 9.81. The molecule has 0 unspecified atom stereocenters. The van der Waals surface area contributed by atoms with Crippen LogP contribution in [-0.4, -0.2) is 23.5 Å². The summed E-state index contributed by atoms with van der Waals surface area (Å²) in [5.41, 5.74) is 0. The molecule has 1 aliphatic rings. The molecule has 1 saturated carbocycles. The Balaban J connectivity index is 1.73. The summed E-state index contributed by atoms with van der Waals surface area (Å²) in [6, 6.07) is 3.05. The summed E-state index contributed by atoms with van der Waals surface area (Å²) < 4.78 is 0. The lowest BCUT2D eigenvalue weighted by Crippen LogP contribution is -2.26. The molecule has 0 bridgehead atoms. The van der Waals surface area contributed by atoms with Crippen LogP contribution >= 0.6 is 11.3 Å². The zero-order chi connectivity index (χ0) is 14.5. The third-order valence-corrected chi connectivity index (χ3v) is 5.09. The highest BCUT2D eigenvalue weighted by Crippen LogP contribution is 2.29. The lowest BCUT2D eigenvalue weighted by Gasteiger charge is -2.26. The molecule has 110 valence electrons. The Labute approximate surface area is 123 Å². The number of hydrogen-bond acceptors (Lipinski definition) is 3. The van der Waals surface area contributed by atoms with Crippen molar-refractivity contribution in [1.29, 1.82) is 0 Å². The number of hydrogen-bond donors (Lipinski definition) is 2. The third-order valence-electron chi connectivity index (χ3n) is 4.01. The molecule has 4 nitrogen and oxygen atoms in total. The van der Waals surface area contributed by atoms with Gasteiger partial charge in [-0.25, -0.2) is 4.79 Å². The van der Waals surface area contributed by atoms with Crippen LogP contribution in [0.25, 0.3) is 0 Å². The van der Waals surface area contributed by atoms with Crippen LogP contribution in [0, 0.1) is 11.8 Å². The van der Waals surface area contributed by atoms with Gasteiger partial charge in [-0.05, 0) is 30.4 Å². The quantitative estimate of drug-likeness (QED) is 0.875. The van der Waals surface area contributed by atoms with Gasteiger partial charge in [0.05, 0.1) is 4.88 Å². The molecular weight excluding hydrogens is 274 g/mol. The monoisotopic (exact) mass is 295 g/mol. The molecule has 0 aromatic carbocycles. The van der Waals surface area contributed by atoms with Crippen molar-refractivity contribution >= 4 is 23.2 Å². The average molecular weight is 295 g/mol. The fourth-order valence-corrected chi connectivity index (χ4v) is 3.43. The number of carboxylic acids is 1. The molecule has 5 heteroatoms. The molecule has 0 aliphatic heterocycles. The van der Waals surface area contributed by atoms with Crippen LogP contribution in [0.1, 0.15) is 58.4 Å². The molecule has 1 aliphatic carbocycles. The molecule has 0 atom stereocenters. The lowest BCUT2D eigenvalue weighted by molar-refractivity contribution is 0.0702. The normalized spacial score (nSPS) is 22.4. The Bertz CT molecular complexity index is 475. The van der Waals surface area contributed by atoms with Gasteiger partial charge in [0.1, 0.15) is 4.88 Å². The van der Waals surface area contributed by atoms with E-state index in [2.05, 4.69) is 12.2 Å². The summed E-state index contributed by atoms with van der Waals surface area (Å²) >= 11 is 1.02. The van der Waals surface area contributed by atoms with Crippen molar-refractivity contribution in [3.8, 4) is 0 Å². The van der Waals surface area contributed by atoms with E-state index in [9.17, 15) is 9.59 Å². The number of nitrogens with one attached hydrogen (secondary N) is 1. The van der Waals surface area contributed by atoms with Crippen molar-refractivity contribution in [3.05, 3.63) is 21.9 Å². The van der Waals surface area contributed by atoms with Crippen molar-refractivity contribution in [1.82, 2.24) is 5.32 Å². The molecule has 2 rings (SSSR count). The standard InChI is InChI=1S/C15H21NO3S/c1-10-2-4-11(5-3-10)8-9-16-14(17)12-6-7-13(20-12)15(18)19/h6-7,10-11H,2-5,8-9H2,1H3,(H,16,17)(H,18,19). The van der Waals surface area contributed by atoms with E-state index in [1.807, 2.05) is 0 Å². The van der Waals surface area contributed by atoms with Crippen LogP contribution < -0.4 is 5.32 Å². The van der Waals surface area contributed by atoms with Crippen LogP contribution in [-0.2, 0) is 0 Å². The van der Waals surface area contributed by atoms with Crippen molar-refractivity contribution in [3.63, 3.8) is 0 Å². The molecule has 2 N–H and O–H groups in total.